The second-order valence-corrected chi connectivity index (χ2v) is 6.58. The highest BCUT2D eigenvalue weighted by Crippen LogP contribution is 2.53. The van der Waals surface area contributed by atoms with Crippen LogP contribution < -0.4 is 0 Å². The lowest BCUT2D eigenvalue weighted by molar-refractivity contribution is -0.129. The monoisotopic (exact) mass is 309 g/mol. The number of nitrogens with one attached hydrogen (secondary N) is 1. The van der Waals surface area contributed by atoms with E-state index in [2.05, 4.69) is 40.1 Å². The van der Waals surface area contributed by atoms with Crippen LogP contribution in [0.15, 0.2) is 29.4 Å². The van der Waals surface area contributed by atoms with Crippen molar-refractivity contribution in [3.8, 4) is 0 Å². The first-order chi connectivity index (χ1) is 11.2. The third-order valence-electron chi connectivity index (χ3n) is 5.59. The van der Waals surface area contributed by atoms with Gasteiger partial charge in [-0.25, -0.2) is 0 Å². The van der Waals surface area contributed by atoms with Crippen molar-refractivity contribution < 1.29 is 4.79 Å². The fraction of sp³-hybridized carbons (Fsp3) is 0.471. The van der Waals surface area contributed by atoms with E-state index >= 15 is 0 Å². The first kappa shape index (κ1) is 14.2. The molecule has 0 saturated carbocycles. The standard InChI is InChI=1S/C17H19N5O/c1-2-17(10-19-21-18)9-14(23)22-8-7-12-11-5-3-4-6-13(11)20-15(12)16(17)22/h3-6,16,20H,2,7-10H2,1H3/t16-,17-/m1/s1. The van der Waals surface area contributed by atoms with E-state index in [0.29, 0.717) is 13.0 Å². The molecule has 1 saturated heterocycles. The maximum Gasteiger partial charge on any atom is 0.223 e. The molecule has 1 N–H and O–H groups in total. The maximum absolute atomic E-state index is 12.5. The summed E-state index contributed by atoms with van der Waals surface area (Å²) in [6.45, 7) is 3.19. The number of aromatic nitrogens is 1. The molecule has 0 bridgehead atoms. The number of benzene rings is 1. The van der Waals surface area contributed by atoms with Gasteiger partial charge < -0.3 is 9.88 Å². The largest absolute Gasteiger partial charge is 0.356 e. The topological polar surface area (TPSA) is 84.9 Å². The molecule has 2 aromatic rings. The fourth-order valence-electron chi connectivity index (χ4n) is 4.39. The summed E-state index contributed by atoms with van der Waals surface area (Å²) >= 11 is 0. The highest BCUT2D eigenvalue weighted by atomic mass is 16.2. The third-order valence-corrected chi connectivity index (χ3v) is 5.59. The second-order valence-electron chi connectivity index (χ2n) is 6.58. The lowest BCUT2D eigenvalue weighted by atomic mass is 9.74. The molecule has 2 atom stereocenters. The minimum absolute atomic E-state index is 0.0124. The Hall–Kier alpha value is -2.46. The van der Waals surface area contributed by atoms with Gasteiger partial charge in [0.15, 0.2) is 0 Å². The molecule has 3 heterocycles. The lowest BCUT2D eigenvalue weighted by Gasteiger charge is -2.39. The van der Waals surface area contributed by atoms with Crippen molar-refractivity contribution >= 4 is 16.8 Å². The number of fused-ring (bicyclic) bond motifs is 5. The predicted octanol–water partition coefficient (Wildman–Crippen LogP) is 3.70. The molecule has 4 rings (SSSR count). The Labute approximate surface area is 134 Å². The van der Waals surface area contributed by atoms with Crippen LogP contribution in [0.25, 0.3) is 21.3 Å². The Balaban J connectivity index is 1.91. The number of H-pyrrole nitrogens is 1. The van der Waals surface area contributed by atoms with Crippen LogP contribution in [0.5, 0.6) is 0 Å². The molecule has 1 fully saturated rings. The minimum atomic E-state index is -0.306. The van der Waals surface area contributed by atoms with Crippen LogP contribution >= 0.6 is 0 Å². The average molecular weight is 309 g/mol. The number of nitrogens with zero attached hydrogens (tertiary/aromatic N) is 4. The minimum Gasteiger partial charge on any atom is -0.356 e. The van der Waals surface area contributed by atoms with Crippen molar-refractivity contribution in [2.24, 2.45) is 10.5 Å². The number of rotatable bonds is 3. The molecule has 1 amide bonds. The first-order valence-corrected chi connectivity index (χ1v) is 8.10. The van der Waals surface area contributed by atoms with E-state index in [-0.39, 0.29) is 17.4 Å². The van der Waals surface area contributed by atoms with Crippen molar-refractivity contribution in [2.45, 2.75) is 32.2 Å². The third kappa shape index (κ3) is 1.88. The zero-order chi connectivity index (χ0) is 16.0. The second kappa shape index (κ2) is 5.03. The van der Waals surface area contributed by atoms with Gasteiger partial charge in [0.2, 0.25) is 5.91 Å². The molecular weight excluding hydrogens is 290 g/mol. The van der Waals surface area contributed by atoms with Gasteiger partial charge in [-0.1, -0.05) is 30.2 Å². The molecule has 0 radical (unpaired) electrons. The number of hydrogen-bond donors (Lipinski definition) is 1. The zero-order valence-electron chi connectivity index (χ0n) is 13.1. The number of carbonyl (C=O) groups is 1. The van der Waals surface area contributed by atoms with E-state index in [1.165, 1.54) is 10.9 Å². The van der Waals surface area contributed by atoms with E-state index in [9.17, 15) is 4.79 Å². The molecular formula is C17H19N5O. The molecule has 1 aromatic carbocycles. The first-order valence-electron chi connectivity index (χ1n) is 8.10. The lowest BCUT2D eigenvalue weighted by Crippen LogP contribution is -2.39. The quantitative estimate of drug-likeness (QED) is 0.523. The van der Waals surface area contributed by atoms with Crippen molar-refractivity contribution in [2.75, 3.05) is 13.1 Å². The predicted molar refractivity (Wildman–Crippen MR) is 87.8 cm³/mol. The van der Waals surface area contributed by atoms with Gasteiger partial charge in [-0.2, -0.15) is 0 Å². The van der Waals surface area contributed by atoms with Crippen LogP contribution in [0.3, 0.4) is 0 Å². The number of carbonyl (C=O) groups excluding carboxylic acids is 1. The van der Waals surface area contributed by atoms with E-state index in [1.54, 1.807) is 0 Å². The summed E-state index contributed by atoms with van der Waals surface area (Å²) in [5.74, 6) is 0.175. The fourth-order valence-corrected chi connectivity index (χ4v) is 4.39. The van der Waals surface area contributed by atoms with Crippen molar-refractivity contribution in [3.05, 3.63) is 46.0 Å². The number of amides is 1. The molecule has 6 heteroatoms. The smallest absolute Gasteiger partial charge is 0.223 e. The van der Waals surface area contributed by atoms with E-state index in [1.807, 2.05) is 11.0 Å². The normalized spacial score (nSPS) is 26.0. The summed E-state index contributed by atoms with van der Waals surface area (Å²) in [5, 5.41) is 5.08. The molecule has 2 aliphatic heterocycles. The maximum atomic E-state index is 12.5. The summed E-state index contributed by atoms with van der Waals surface area (Å²) in [7, 11) is 0. The van der Waals surface area contributed by atoms with Crippen LogP contribution in [-0.4, -0.2) is 28.9 Å². The average Bonchev–Trinajstić information content (AvgIpc) is 3.09. The highest BCUT2D eigenvalue weighted by Gasteiger charge is 2.53. The Morgan fingerprint density at radius 3 is 3.09 bits per heavy atom. The molecule has 1 aromatic heterocycles. The van der Waals surface area contributed by atoms with Crippen LogP contribution in [0.4, 0.5) is 0 Å². The van der Waals surface area contributed by atoms with Gasteiger partial charge in [-0.05, 0) is 30.0 Å². The summed E-state index contributed by atoms with van der Waals surface area (Å²) < 4.78 is 0. The van der Waals surface area contributed by atoms with Crippen LogP contribution in [-0.2, 0) is 11.2 Å². The number of aromatic amines is 1. The van der Waals surface area contributed by atoms with Crippen LogP contribution in [0.1, 0.15) is 37.1 Å². The van der Waals surface area contributed by atoms with Gasteiger partial charge in [-0.15, -0.1) is 0 Å². The van der Waals surface area contributed by atoms with Crippen molar-refractivity contribution in [1.82, 2.24) is 9.88 Å². The SMILES string of the molecule is CC[C@]1(CN=[N+]=[N-])CC(=O)N2CCc3c([nH]c4ccccc34)[C@@H]21. The van der Waals surface area contributed by atoms with Gasteiger partial charge >= 0.3 is 0 Å². The Morgan fingerprint density at radius 2 is 2.30 bits per heavy atom. The summed E-state index contributed by atoms with van der Waals surface area (Å²) in [6.07, 6.45) is 2.15. The van der Waals surface area contributed by atoms with E-state index in [0.717, 1.165) is 30.6 Å². The Bertz CT molecular complexity index is 835. The molecule has 118 valence electrons. The number of para-hydroxylation sites is 1. The van der Waals surface area contributed by atoms with Gasteiger partial charge in [0.25, 0.3) is 0 Å². The molecule has 2 aliphatic rings. The van der Waals surface area contributed by atoms with Gasteiger partial charge in [0.1, 0.15) is 0 Å². The van der Waals surface area contributed by atoms with Gasteiger partial charge in [-0.3, -0.25) is 4.79 Å². The Kier molecular flexibility index (Phi) is 3.10. The van der Waals surface area contributed by atoms with Gasteiger partial charge in [0.05, 0.1) is 6.04 Å². The van der Waals surface area contributed by atoms with E-state index in [4.69, 9.17) is 5.53 Å². The summed E-state index contributed by atoms with van der Waals surface area (Å²) in [6, 6.07) is 8.28. The summed E-state index contributed by atoms with van der Waals surface area (Å²) in [4.78, 5) is 21.0. The molecule has 6 nitrogen and oxygen atoms in total. The van der Waals surface area contributed by atoms with Crippen LogP contribution in [0, 0.1) is 5.41 Å². The summed E-state index contributed by atoms with van der Waals surface area (Å²) in [5.41, 5.74) is 12.0. The number of hydrogen-bond acceptors (Lipinski definition) is 2. The zero-order valence-corrected chi connectivity index (χ0v) is 13.1. The number of azide groups is 1. The highest BCUT2D eigenvalue weighted by molar-refractivity contribution is 5.87. The molecule has 23 heavy (non-hydrogen) atoms. The van der Waals surface area contributed by atoms with Crippen molar-refractivity contribution in [3.63, 3.8) is 0 Å². The Morgan fingerprint density at radius 1 is 1.48 bits per heavy atom. The van der Waals surface area contributed by atoms with E-state index < -0.39 is 0 Å². The molecule has 0 aliphatic carbocycles. The molecule has 0 spiro atoms. The van der Waals surface area contributed by atoms with Gasteiger partial charge in [0, 0.05) is 46.4 Å². The van der Waals surface area contributed by atoms with Crippen LogP contribution in [0.2, 0.25) is 0 Å². The molecule has 0 unspecified atom stereocenters. The van der Waals surface area contributed by atoms with Crippen molar-refractivity contribution in [1.29, 1.82) is 0 Å².